The second-order valence-electron chi connectivity index (χ2n) is 7.72. The molecule has 0 aliphatic carbocycles. The number of carbonyl (C=O) groups is 1. The van der Waals surface area contributed by atoms with Crippen LogP contribution in [0, 0.1) is 0 Å². The van der Waals surface area contributed by atoms with Gasteiger partial charge in [-0.2, -0.15) is 0 Å². The lowest BCUT2D eigenvalue weighted by Gasteiger charge is -2.11. The Balaban J connectivity index is 2.20. The minimum atomic E-state index is -0.263. The van der Waals surface area contributed by atoms with E-state index in [9.17, 15) is 4.79 Å². The second-order valence-corrected chi connectivity index (χ2v) is 7.72. The maximum Gasteiger partial charge on any atom is 0.341 e. The van der Waals surface area contributed by atoms with Crippen molar-refractivity contribution in [2.24, 2.45) is 0 Å². The van der Waals surface area contributed by atoms with Crippen LogP contribution in [0.2, 0.25) is 0 Å². The van der Waals surface area contributed by atoms with Crippen molar-refractivity contribution in [3.63, 3.8) is 0 Å². The molecular weight excluding hydrogens is 348 g/mol. The van der Waals surface area contributed by atoms with E-state index in [1.165, 1.54) is 70.6 Å². The topological polar surface area (TPSA) is 35.5 Å². The van der Waals surface area contributed by atoms with Crippen LogP contribution in [0.5, 0.6) is 5.75 Å². The number of benzene rings is 1. The van der Waals surface area contributed by atoms with Crippen molar-refractivity contribution in [1.82, 2.24) is 0 Å². The third-order valence-electron chi connectivity index (χ3n) is 5.09. The molecule has 1 aromatic carbocycles. The van der Waals surface area contributed by atoms with Gasteiger partial charge in [-0.3, -0.25) is 0 Å². The van der Waals surface area contributed by atoms with Crippen molar-refractivity contribution < 1.29 is 14.3 Å². The van der Waals surface area contributed by atoms with Crippen LogP contribution in [-0.4, -0.2) is 19.2 Å². The van der Waals surface area contributed by atoms with Crippen LogP contribution in [0.1, 0.15) is 114 Å². The summed E-state index contributed by atoms with van der Waals surface area (Å²) in [5.41, 5.74) is 0.549. The highest BCUT2D eigenvalue weighted by Gasteiger charge is 2.13. The van der Waals surface area contributed by atoms with E-state index in [4.69, 9.17) is 9.47 Å². The van der Waals surface area contributed by atoms with Crippen LogP contribution in [-0.2, 0) is 4.74 Å². The Morgan fingerprint density at radius 2 is 1.18 bits per heavy atom. The number of unbranched alkanes of at least 4 members (excludes halogenated alkanes) is 12. The monoisotopic (exact) mass is 390 g/mol. The van der Waals surface area contributed by atoms with Crippen LogP contribution in [0.4, 0.5) is 0 Å². The molecule has 1 aromatic rings. The zero-order valence-corrected chi connectivity index (χ0v) is 18.3. The van der Waals surface area contributed by atoms with E-state index in [1.807, 2.05) is 18.2 Å². The molecule has 0 saturated heterocycles. The van der Waals surface area contributed by atoms with E-state index >= 15 is 0 Å². The van der Waals surface area contributed by atoms with Crippen molar-refractivity contribution in [3.05, 3.63) is 29.8 Å². The summed E-state index contributed by atoms with van der Waals surface area (Å²) >= 11 is 0. The number of rotatable bonds is 18. The SMILES string of the molecule is CCCCCCCCCOC(=O)c1ccccc1OCCCCCCCCC. The summed E-state index contributed by atoms with van der Waals surface area (Å²) in [5.74, 6) is 0.388. The Morgan fingerprint density at radius 3 is 1.79 bits per heavy atom. The van der Waals surface area contributed by atoms with Gasteiger partial charge in [-0.1, -0.05) is 103 Å². The lowest BCUT2D eigenvalue weighted by molar-refractivity contribution is 0.0493. The molecule has 0 aliphatic rings. The highest BCUT2D eigenvalue weighted by atomic mass is 16.5. The summed E-state index contributed by atoms with van der Waals surface area (Å²) in [4.78, 5) is 12.4. The second kappa shape index (κ2) is 17.6. The molecule has 3 nitrogen and oxygen atoms in total. The van der Waals surface area contributed by atoms with Crippen LogP contribution < -0.4 is 4.74 Å². The normalized spacial score (nSPS) is 10.8. The first kappa shape index (κ1) is 24.5. The zero-order valence-electron chi connectivity index (χ0n) is 18.3. The average molecular weight is 391 g/mol. The summed E-state index contributed by atoms with van der Waals surface area (Å²) in [6.45, 7) is 5.63. The molecule has 160 valence electrons. The predicted molar refractivity (Wildman–Crippen MR) is 118 cm³/mol. The summed E-state index contributed by atoms with van der Waals surface area (Å²) in [7, 11) is 0. The van der Waals surface area contributed by atoms with Crippen molar-refractivity contribution in [2.45, 2.75) is 104 Å². The molecule has 0 bridgehead atoms. The molecule has 0 radical (unpaired) electrons. The quantitative estimate of drug-likeness (QED) is 0.190. The molecule has 0 spiro atoms. The van der Waals surface area contributed by atoms with Crippen LogP contribution >= 0.6 is 0 Å². The highest BCUT2D eigenvalue weighted by Crippen LogP contribution is 2.20. The minimum absolute atomic E-state index is 0.263. The molecule has 0 aliphatic heterocycles. The molecule has 0 atom stereocenters. The maximum atomic E-state index is 12.4. The van der Waals surface area contributed by atoms with Crippen LogP contribution in [0.25, 0.3) is 0 Å². The first-order chi connectivity index (χ1) is 13.8. The van der Waals surface area contributed by atoms with Gasteiger partial charge in [0.15, 0.2) is 0 Å². The summed E-state index contributed by atoms with van der Waals surface area (Å²) < 4.78 is 11.3. The van der Waals surface area contributed by atoms with Crippen LogP contribution in [0.15, 0.2) is 24.3 Å². The van der Waals surface area contributed by atoms with E-state index in [2.05, 4.69) is 13.8 Å². The van der Waals surface area contributed by atoms with Crippen LogP contribution in [0.3, 0.4) is 0 Å². The third-order valence-corrected chi connectivity index (χ3v) is 5.09. The van der Waals surface area contributed by atoms with Gasteiger partial charge in [-0.05, 0) is 25.0 Å². The number of ether oxygens (including phenoxy) is 2. The molecule has 0 heterocycles. The number of esters is 1. The molecule has 0 saturated carbocycles. The summed E-state index contributed by atoms with van der Waals surface area (Å²) in [5, 5.41) is 0. The zero-order chi connectivity index (χ0) is 20.3. The summed E-state index contributed by atoms with van der Waals surface area (Å²) in [6, 6.07) is 7.44. The van der Waals surface area contributed by atoms with E-state index in [0.717, 1.165) is 19.3 Å². The number of para-hydroxylation sites is 1. The van der Waals surface area contributed by atoms with E-state index in [-0.39, 0.29) is 5.97 Å². The van der Waals surface area contributed by atoms with Gasteiger partial charge in [0.25, 0.3) is 0 Å². The minimum Gasteiger partial charge on any atom is -0.493 e. The van der Waals surface area contributed by atoms with Gasteiger partial charge in [0, 0.05) is 0 Å². The Labute approximate surface area is 173 Å². The fourth-order valence-electron chi connectivity index (χ4n) is 3.30. The predicted octanol–water partition coefficient (Wildman–Crippen LogP) is 7.72. The molecule has 3 heteroatoms. The van der Waals surface area contributed by atoms with Crippen molar-refractivity contribution in [2.75, 3.05) is 13.2 Å². The van der Waals surface area contributed by atoms with Crippen molar-refractivity contribution in [1.29, 1.82) is 0 Å². The largest absolute Gasteiger partial charge is 0.493 e. The maximum absolute atomic E-state index is 12.4. The van der Waals surface area contributed by atoms with Gasteiger partial charge in [-0.25, -0.2) is 4.79 Å². The molecule has 0 aromatic heterocycles. The fraction of sp³-hybridized carbons (Fsp3) is 0.720. The van der Waals surface area contributed by atoms with Gasteiger partial charge < -0.3 is 9.47 Å². The molecule has 0 N–H and O–H groups in total. The fourth-order valence-corrected chi connectivity index (χ4v) is 3.30. The Hall–Kier alpha value is -1.51. The number of hydrogen-bond acceptors (Lipinski definition) is 3. The molecule has 1 rings (SSSR count). The lowest BCUT2D eigenvalue weighted by Crippen LogP contribution is -2.09. The van der Waals surface area contributed by atoms with E-state index in [0.29, 0.717) is 24.5 Å². The van der Waals surface area contributed by atoms with Gasteiger partial charge in [0.1, 0.15) is 11.3 Å². The Kier molecular flexibility index (Phi) is 15.4. The Morgan fingerprint density at radius 1 is 0.679 bits per heavy atom. The summed E-state index contributed by atoms with van der Waals surface area (Å²) in [6.07, 6.45) is 17.3. The van der Waals surface area contributed by atoms with Gasteiger partial charge >= 0.3 is 5.97 Å². The van der Waals surface area contributed by atoms with E-state index in [1.54, 1.807) is 6.07 Å². The highest BCUT2D eigenvalue weighted by molar-refractivity contribution is 5.92. The molecular formula is C25H42O3. The Bertz CT molecular complexity index is 498. The van der Waals surface area contributed by atoms with Gasteiger partial charge in [0.2, 0.25) is 0 Å². The van der Waals surface area contributed by atoms with Gasteiger partial charge in [0.05, 0.1) is 13.2 Å². The molecule has 28 heavy (non-hydrogen) atoms. The molecule has 0 amide bonds. The smallest absolute Gasteiger partial charge is 0.341 e. The third kappa shape index (κ3) is 12.0. The van der Waals surface area contributed by atoms with E-state index < -0.39 is 0 Å². The average Bonchev–Trinajstić information content (AvgIpc) is 2.72. The van der Waals surface area contributed by atoms with Crippen molar-refractivity contribution in [3.8, 4) is 5.75 Å². The standard InChI is InChI=1S/C25H42O3/c1-3-5-7-9-11-13-17-21-27-24-20-16-15-19-23(24)25(26)28-22-18-14-12-10-8-6-4-2/h15-16,19-20H,3-14,17-18,21-22H2,1-2H3. The number of hydrogen-bond donors (Lipinski definition) is 0. The first-order valence-corrected chi connectivity index (χ1v) is 11.7. The molecule has 0 fully saturated rings. The number of carbonyl (C=O) groups excluding carboxylic acids is 1. The van der Waals surface area contributed by atoms with Crippen molar-refractivity contribution >= 4 is 5.97 Å². The lowest BCUT2D eigenvalue weighted by atomic mass is 10.1. The van der Waals surface area contributed by atoms with Gasteiger partial charge in [-0.15, -0.1) is 0 Å². The molecule has 0 unspecified atom stereocenters. The first-order valence-electron chi connectivity index (χ1n) is 11.7.